The quantitative estimate of drug-likeness (QED) is 0.350. The molecule has 0 aliphatic heterocycles. The summed E-state index contributed by atoms with van der Waals surface area (Å²) in [5.74, 6) is 0.701. The molecule has 0 atom stereocenters. The van der Waals surface area contributed by atoms with E-state index in [4.69, 9.17) is 21.3 Å². The van der Waals surface area contributed by atoms with Crippen LogP contribution in [0, 0.1) is 0 Å². The average molecular weight is 452 g/mol. The highest BCUT2D eigenvalue weighted by Crippen LogP contribution is 2.28. The number of rotatable bonds is 8. The van der Waals surface area contributed by atoms with E-state index in [1.165, 1.54) is 17.3 Å². The van der Waals surface area contributed by atoms with Gasteiger partial charge in [-0.05, 0) is 42.3 Å². The first-order chi connectivity index (χ1) is 15.1. The Morgan fingerprint density at radius 3 is 2.65 bits per heavy atom. The number of anilines is 1. The lowest BCUT2D eigenvalue weighted by molar-refractivity contribution is -0.113. The van der Waals surface area contributed by atoms with E-state index < -0.39 is 0 Å². The maximum absolute atomic E-state index is 12.5. The van der Waals surface area contributed by atoms with Crippen molar-refractivity contribution in [2.45, 2.75) is 18.1 Å². The molecule has 0 spiro atoms. The number of nitrogens with one attached hydrogen (secondary N) is 1. The molecule has 158 valence electrons. The number of hydrogen-bond acceptors (Lipinski definition) is 4. The standard InChI is InChI=1S/C24H22ClN3O2S/c1-30-22-12-11-18(15-19(22)25)26-23(29)16-31-24-27-20-9-5-6-10-21(20)28(24)14-13-17-7-3-2-4-8-17/h2-12,15H,13-14,16H2,1H3,(H,26,29). The molecular formula is C24H22ClN3O2S. The van der Waals surface area contributed by atoms with E-state index in [2.05, 4.69) is 28.1 Å². The first-order valence-electron chi connectivity index (χ1n) is 9.89. The molecule has 7 heteroatoms. The zero-order chi connectivity index (χ0) is 21.6. The maximum atomic E-state index is 12.5. The number of carbonyl (C=O) groups excluding carboxylic acids is 1. The fourth-order valence-corrected chi connectivity index (χ4v) is 4.43. The predicted octanol–water partition coefficient (Wildman–Crippen LogP) is 5.67. The van der Waals surface area contributed by atoms with E-state index in [0.717, 1.165) is 29.2 Å². The minimum atomic E-state index is -0.118. The zero-order valence-corrected chi connectivity index (χ0v) is 18.6. The number of para-hydroxylation sites is 2. The highest BCUT2D eigenvalue weighted by atomic mass is 35.5. The lowest BCUT2D eigenvalue weighted by Gasteiger charge is -2.10. The highest BCUT2D eigenvalue weighted by molar-refractivity contribution is 7.99. The number of amides is 1. The fraction of sp³-hybridized carbons (Fsp3) is 0.167. The number of halogens is 1. The normalized spacial score (nSPS) is 10.9. The van der Waals surface area contributed by atoms with Gasteiger partial charge in [0.15, 0.2) is 5.16 Å². The Kier molecular flexibility index (Phi) is 6.79. The van der Waals surface area contributed by atoms with Crippen LogP contribution in [0.15, 0.2) is 78.0 Å². The zero-order valence-electron chi connectivity index (χ0n) is 17.0. The van der Waals surface area contributed by atoms with Crippen molar-refractivity contribution in [2.24, 2.45) is 0 Å². The number of nitrogens with zero attached hydrogens (tertiary/aromatic N) is 2. The second kappa shape index (κ2) is 9.90. The van der Waals surface area contributed by atoms with Gasteiger partial charge < -0.3 is 14.6 Å². The topological polar surface area (TPSA) is 56.1 Å². The van der Waals surface area contributed by atoms with Crippen LogP contribution >= 0.6 is 23.4 Å². The van der Waals surface area contributed by atoms with Gasteiger partial charge in [-0.3, -0.25) is 4.79 Å². The molecule has 1 N–H and O–H groups in total. The van der Waals surface area contributed by atoms with Crippen LogP contribution in [0.1, 0.15) is 5.56 Å². The molecule has 1 amide bonds. The number of aryl methyl sites for hydroxylation is 2. The van der Waals surface area contributed by atoms with Crippen LogP contribution in [0.25, 0.3) is 11.0 Å². The van der Waals surface area contributed by atoms with Crippen molar-refractivity contribution in [1.82, 2.24) is 9.55 Å². The number of thioether (sulfide) groups is 1. The number of fused-ring (bicyclic) bond motifs is 1. The summed E-state index contributed by atoms with van der Waals surface area (Å²) >= 11 is 7.57. The molecule has 0 radical (unpaired) electrons. The predicted molar refractivity (Wildman–Crippen MR) is 127 cm³/mol. The van der Waals surface area contributed by atoms with Gasteiger partial charge in [-0.2, -0.15) is 0 Å². The number of aromatic nitrogens is 2. The third-order valence-electron chi connectivity index (χ3n) is 4.85. The molecule has 1 aromatic heterocycles. The number of ether oxygens (including phenoxy) is 1. The largest absolute Gasteiger partial charge is 0.495 e. The second-order valence-electron chi connectivity index (χ2n) is 6.96. The van der Waals surface area contributed by atoms with Crippen LogP contribution in [0.3, 0.4) is 0 Å². The maximum Gasteiger partial charge on any atom is 0.234 e. The van der Waals surface area contributed by atoms with Crippen LogP contribution in [0.5, 0.6) is 5.75 Å². The summed E-state index contributed by atoms with van der Waals surface area (Å²) in [6.07, 6.45) is 0.894. The minimum Gasteiger partial charge on any atom is -0.495 e. The highest BCUT2D eigenvalue weighted by Gasteiger charge is 2.13. The molecule has 4 rings (SSSR count). The van der Waals surface area contributed by atoms with Crippen molar-refractivity contribution in [3.63, 3.8) is 0 Å². The molecule has 0 bridgehead atoms. The summed E-state index contributed by atoms with van der Waals surface area (Å²) < 4.78 is 7.33. The second-order valence-corrected chi connectivity index (χ2v) is 8.31. The number of benzene rings is 3. The van der Waals surface area contributed by atoms with Crippen molar-refractivity contribution in [3.05, 3.63) is 83.4 Å². The number of methoxy groups -OCH3 is 1. The van der Waals surface area contributed by atoms with E-state index in [0.29, 0.717) is 16.5 Å². The van der Waals surface area contributed by atoms with Crippen LogP contribution < -0.4 is 10.1 Å². The van der Waals surface area contributed by atoms with E-state index in [1.807, 2.05) is 36.4 Å². The Morgan fingerprint density at radius 1 is 1.10 bits per heavy atom. The molecule has 5 nitrogen and oxygen atoms in total. The first kappa shape index (κ1) is 21.3. The first-order valence-corrected chi connectivity index (χ1v) is 11.3. The van der Waals surface area contributed by atoms with Gasteiger partial charge in [0.25, 0.3) is 0 Å². The number of hydrogen-bond donors (Lipinski definition) is 1. The van der Waals surface area contributed by atoms with Gasteiger partial charge in [0.2, 0.25) is 5.91 Å². The van der Waals surface area contributed by atoms with Crippen LogP contribution in [0.4, 0.5) is 5.69 Å². The lowest BCUT2D eigenvalue weighted by atomic mass is 10.1. The molecule has 31 heavy (non-hydrogen) atoms. The van der Waals surface area contributed by atoms with Gasteiger partial charge in [0.1, 0.15) is 5.75 Å². The monoisotopic (exact) mass is 451 g/mol. The average Bonchev–Trinajstić information content (AvgIpc) is 3.14. The van der Waals surface area contributed by atoms with Gasteiger partial charge >= 0.3 is 0 Å². The molecule has 0 aliphatic rings. The molecule has 3 aromatic carbocycles. The van der Waals surface area contributed by atoms with Gasteiger partial charge in [-0.25, -0.2) is 4.98 Å². The van der Waals surface area contributed by atoms with Gasteiger partial charge in [0, 0.05) is 12.2 Å². The number of carbonyl (C=O) groups is 1. The molecule has 0 saturated carbocycles. The summed E-state index contributed by atoms with van der Waals surface area (Å²) in [5.41, 5.74) is 3.91. The Labute approximate surface area is 190 Å². The van der Waals surface area contributed by atoms with E-state index in [9.17, 15) is 4.79 Å². The van der Waals surface area contributed by atoms with Gasteiger partial charge in [-0.1, -0.05) is 65.8 Å². The summed E-state index contributed by atoms with van der Waals surface area (Å²) in [6, 6.07) is 23.6. The summed E-state index contributed by atoms with van der Waals surface area (Å²) in [5, 5.41) is 4.17. The summed E-state index contributed by atoms with van der Waals surface area (Å²) in [7, 11) is 1.56. The van der Waals surface area contributed by atoms with Gasteiger partial charge in [0.05, 0.1) is 28.9 Å². The minimum absolute atomic E-state index is 0.118. The third kappa shape index (κ3) is 5.21. The van der Waals surface area contributed by atoms with Crippen molar-refractivity contribution < 1.29 is 9.53 Å². The van der Waals surface area contributed by atoms with E-state index in [-0.39, 0.29) is 11.7 Å². The Morgan fingerprint density at radius 2 is 1.87 bits per heavy atom. The van der Waals surface area contributed by atoms with E-state index >= 15 is 0 Å². The Bertz CT molecular complexity index is 1190. The van der Waals surface area contributed by atoms with Gasteiger partial charge in [-0.15, -0.1) is 0 Å². The summed E-state index contributed by atoms with van der Waals surface area (Å²) in [4.78, 5) is 17.3. The van der Waals surface area contributed by atoms with Crippen molar-refractivity contribution >= 4 is 46.0 Å². The molecule has 0 fully saturated rings. The number of imidazole rings is 1. The molecule has 4 aromatic rings. The molecule has 0 saturated heterocycles. The molecule has 0 unspecified atom stereocenters. The SMILES string of the molecule is COc1ccc(NC(=O)CSc2nc3ccccc3n2CCc2ccccc2)cc1Cl. The van der Waals surface area contributed by atoms with E-state index in [1.54, 1.807) is 25.3 Å². The van der Waals surface area contributed by atoms with Crippen LogP contribution in [0.2, 0.25) is 5.02 Å². The van der Waals surface area contributed by atoms with Crippen molar-refractivity contribution in [2.75, 3.05) is 18.2 Å². The lowest BCUT2D eigenvalue weighted by Crippen LogP contribution is -2.14. The molecular weight excluding hydrogens is 430 g/mol. The van der Waals surface area contributed by atoms with Crippen LogP contribution in [-0.4, -0.2) is 28.3 Å². The Balaban J connectivity index is 1.46. The third-order valence-corrected chi connectivity index (χ3v) is 6.13. The van der Waals surface area contributed by atoms with Crippen molar-refractivity contribution in [1.29, 1.82) is 0 Å². The van der Waals surface area contributed by atoms with Crippen molar-refractivity contribution in [3.8, 4) is 5.75 Å². The molecule has 1 heterocycles. The fourth-order valence-electron chi connectivity index (χ4n) is 3.34. The summed E-state index contributed by atoms with van der Waals surface area (Å²) in [6.45, 7) is 0.794. The van der Waals surface area contributed by atoms with Crippen LogP contribution in [-0.2, 0) is 17.8 Å². The molecule has 0 aliphatic carbocycles. The Hall–Kier alpha value is -2.96. The smallest absolute Gasteiger partial charge is 0.234 e.